The molecule has 10 heteroatoms. The molecular weight excluding hydrogens is 460 g/mol. The van der Waals surface area contributed by atoms with Gasteiger partial charge in [-0.2, -0.15) is 9.57 Å². The molecule has 0 radical (unpaired) electrons. The molecule has 33 heavy (non-hydrogen) atoms. The molecule has 2 aliphatic rings. The number of amides is 2. The molecule has 0 saturated carbocycles. The minimum atomic E-state index is -3.58. The summed E-state index contributed by atoms with van der Waals surface area (Å²) in [5.74, 6) is -0.430. The summed E-state index contributed by atoms with van der Waals surface area (Å²) in [5, 5.41) is 12.9. The number of thiophene rings is 1. The zero-order valence-electron chi connectivity index (χ0n) is 18.5. The van der Waals surface area contributed by atoms with Gasteiger partial charge in [0.15, 0.2) is 0 Å². The van der Waals surface area contributed by atoms with Gasteiger partial charge in [-0.1, -0.05) is 12.8 Å². The third-order valence-electron chi connectivity index (χ3n) is 6.16. The summed E-state index contributed by atoms with van der Waals surface area (Å²) in [5.41, 5.74) is 1.63. The molecule has 1 fully saturated rings. The van der Waals surface area contributed by atoms with E-state index in [9.17, 15) is 23.3 Å². The highest BCUT2D eigenvalue weighted by Gasteiger charge is 2.27. The second-order valence-electron chi connectivity index (χ2n) is 8.31. The Morgan fingerprint density at radius 2 is 1.73 bits per heavy atom. The molecule has 1 aromatic carbocycles. The van der Waals surface area contributed by atoms with Crippen molar-refractivity contribution in [2.45, 2.75) is 50.5 Å². The SMILES string of the molecule is CC(=O)N1CCc2c(sc(NC(=O)c3ccc(S(=O)(=O)N4CCCCCC4)cc3)c2C#N)C1. The Morgan fingerprint density at radius 1 is 1.06 bits per heavy atom. The maximum absolute atomic E-state index is 12.9. The summed E-state index contributed by atoms with van der Waals surface area (Å²) in [7, 11) is -3.58. The largest absolute Gasteiger partial charge is 0.337 e. The van der Waals surface area contributed by atoms with E-state index >= 15 is 0 Å². The fourth-order valence-electron chi connectivity index (χ4n) is 4.26. The molecule has 4 rings (SSSR count). The van der Waals surface area contributed by atoms with Gasteiger partial charge in [0.2, 0.25) is 15.9 Å². The lowest BCUT2D eigenvalue weighted by Gasteiger charge is -2.25. The van der Waals surface area contributed by atoms with Crippen LogP contribution in [0.3, 0.4) is 0 Å². The molecule has 2 amide bonds. The van der Waals surface area contributed by atoms with Crippen LogP contribution in [0.1, 0.15) is 59.0 Å². The standard InChI is InChI=1S/C23H26N4O4S2/c1-16(28)26-13-10-19-20(14-24)23(32-21(19)15-26)25-22(29)17-6-8-18(9-7-17)33(30,31)27-11-4-2-3-5-12-27/h6-9H,2-5,10-13,15H2,1H3,(H,25,29). The molecule has 3 heterocycles. The molecule has 0 spiro atoms. The van der Waals surface area contributed by atoms with Crippen molar-refractivity contribution in [3.05, 3.63) is 45.8 Å². The lowest BCUT2D eigenvalue weighted by Crippen LogP contribution is -2.33. The van der Waals surface area contributed by atoms with E-state index in [4.69, 9.17) is 0 Å². The average Bonchev–Trinajstić information content (AvgIpc) is 2.95. The van der Waals surface area contributed by atoms with Gasteiger partial charge in [-0.05, 0) is 49.1 Å². The third kappa shape index (κ3) is 4.81. The average molecular weight is 487 g/mol. The van der Waals surface area contributed by atoms with Crippen molar-refractivity contribution in [2.24, 2.45) is 0 Å². The quantitative estimate of drug-likeness (QED) is 0.713. The highest BCUT2D eigenvalue weighted by atomic mass is 32.2. The first-order valence-corrected chi connectivity index (χ1v) is 13.3. The van der Waals surface area contributed by atoms with Crippen molar-refractivity contribution in [3.63, 3.8) is 0 Å². The summed E-state index contributed by atoms with van der Waals surface area (Å²) in [6.45, 7) is 3.54. The number of nitrogens with zero attached hydrogens (tertiary/aromatic N) is 3. The molecule has 1 aromatic heterocycles. The van der Waals surface area contributed by atoms with Crippen LogP contribution in [0.5, 0.6) is 0 Å². The van der Waals surface area contributed by atoms with Crippen LogP contribution in [0.4, 0.5) is 5.00 Å². The summed E-state index contributed by atoms with van der Waals surface area (Å²) in [6, 6.07) is 8.10. The summed E-state index contributed by atoms with van der Waals surface area (Å²) >= 11 is 1.31. The second kappa shape index (κ2) is 9.63. The lowest BCUT2D eigenvalue weighted by molar-refractivity contribution is -0.129. The van der Waals surface area contributed by atoms with Crippen molar-refractivity contribution < 1.29 is 18.0 Å². The summed E-state index contributed by atoms with van der Waals surface area (Å²) < 4.78 is 27.4. The molecule has 0 atom stereocenters. The summed E-state index contributed by atoms with van der Waals surface area (Å²) in [4.78, 5) is 27.3. The second-order valence-corrected chi connectivity index (χ2v) is 11.4. The van der Waals surface area contributed by atoms with Gasteiger partial charge >= 0.3 is 0 Å². The highest BCUT2D eigenvalue weighted by Crippen LogP contribution is 2.37. The molecule has 1 N–H and O–H groups in total. The Balaban J connectivity index is 1.51. The zero-order valence-corrected chi connectivity index (χ0v) is 20.1. The number of hydrogen-bond acceptors (Lipinski definition) is 6. The topological polar surface area (TPSA) is 111 Å². The number of sulfonamides is 1. The number of carbonyl (C=O) groups is 2. The number of benzene rings is 1. The molecule has 2 aromatic rings. The molecule has 0 aliphatic carbocycles. The Kier molecular flexibility index (Phi) is 6.83. The normalized spacial score (nSPS) is 17.0. The van der Waals surface area contributed by atoms with E-state index < -0.39 is 15.9 Å². The Labute approximate surface area is 197 Å². The fraction of sp³-hybridized carbons (Fsp3) is 0.435. The van der Waals surface area contributed by atoms with Crippen LogP contribution < -0.4 is 5.32 Å². The molecule has 1 saturated heterocycles. The van der Waals surface area contributed by atoms with Gasteiger partial charge in [-0.3, -0.25) is 9.59 Å². The number of nitriles is 1. The predicted molar refractivity (Wildman–Crippen MR) is 125 cm³/mol. The van der Waals surface area contributed by atoms with Crippen LogP contribution in [0.15, 0.2) is 29.2 Å². The van der Waals surface area contributed by atoms with E-state index in [1.165, 1.54) is 46.8 Å². The van der Waals surface area contributed by atoms with Gasteiger partial charge in [-0.25, -0.2) is 8.42 Å². The molecule has 2 aliphatic heterocycles. The number of nitrogens with one attached hydrogen (secondary N) is 1. The molecule has 8 nitrogen and oxygen atoms in total. The van der Waals surface area contributed by atoms with Crippen molar-refractivity contribution in [2.75, 3.05) is 25.0 Å². The zero-order chi connectivity index (χ0) is 23.6. The first kappa shape index (κ1) is 23.4. The van der Waals surface area contributed by atoms with Crippen LogP contribution in [-0.4, -0.2) is 49.1 Å². The molecular formula is C23H26N4O4S2. The monoisotopic (exact) mass is 486 g/mol. The van der Waals surface area contributed by atoms with Gasteiger partial charge in [0.1, 0.15) is 11.1 Å². The molecule has 174 valence electrons. The maximum Gasteiger partial charge on any atom is 0.256 e. The van der Waals surface area contributed by atoms with Crippen LogP contribution in [0, 0.1) is 11.3 Å². The highest BCUT2D eigenvalue weighted by molar-refractivity contribution is 7.89. The van der Waals surface area contributed by atoms with Crippen molar-refractivity contribution in [1.82, 2.24) is 9.21 Å². The van der Waals surface area contributed by atoms with Gasteiger partial charge in [-0.15, -0.1) is 11.3 Å². The van der Waals surface area contributed by atoms with Crippen LogP contribution >= 0.6 is 11.3 Å². The lowest BCUT2D eigenvalue weighted by atomic mass is 10.0. The predicted octanol–water partition coefficient (Wildman–Crippen LogP) is 3.34. The van der Waals surface area contributed by atoms with Crippen LogP contribution in [-0.2, 0) is 27.8 Å². The Morgan fingerprint density at radius 3 is 2.33 bits per heavy atom. The summed E-state index contributed by atoms with van der Waals surface area (Å²) in [6.07, 6.45) is 4.36. The number of anilines is 1. The van der Waals surface area contributed by atoms with Crippen molar-refractivity contribution >= 4 is 38.2 Å². The molecule has 0 bridgehead atoms. The Hall–Kier alpha value is -2.74. The molecule has 0 unspecified atom stereocenters. The van der Waals surface area contributed by atoms with E-state index in [1.807, 2.05) is 0 Å². The van der Waals surface area contributed by atoms with Crippen LogP contribution in [0.2, 0.25) is 0 Å². The number of hydrogen-bond donors (Lipinski definition) is 1. The van der Waals surface area contributed by atoms with E-state index in [1.54, 1.807) is 4.90 Å². The van der Waals surface area contributed by atoms with E-state index in [0.29, 0.717) is 48.7 Å². The van der Waals surface area contributed by atoms with E-state index in [-0.39, 0.29) is 10.8 Å². The maximum atomic E-state index is 12.9. The number of fused-ring (bicyclic) bond motifs is 1. The van der Waals surface area contributed by atoms with Crippen molar-refractivity contribution in [1.29, 1.82) is 5.26 Å². The smallest absolute Gasteiger partial charge is 0.256 e. The third-order valence-corrected chi connectivity index (χ3v) is 9.21. The minimum absolute atomic E-state index is 0.0200. The minimum Gasteiger partial charge on any atom is -0.337 e. The van der Waals surface area contributed by atoms with Crippen LogP contribution in [0.25, 0.3) is 0 Å². The van der Waals surface area contributed by atoms with E-state index in [2.05, 4.69) is 11.4 Å². The van der Waals surface area contributed by atoms with Gasteiger partial charge in [0.25, 0.3) is 5.91 Å². The Bertz CT molecular complexity index is 1200. The first-order chi connectivity index (χ1) is 15.8. The van der Waals surface area contributed by atoms with Crippen molar-refractivity contribution in [3.8, 4) is 6.07 Å². The van der Waals surface area contributed by atoms with E-state index in [0.717, 1.165) is 36.1 Å². The number of carbonyl (C=O) groups excluding carboxylic acids is 2. The van der Waals surface area contributed by atoms with Gasteiger partial charge in [0.05, 0.1) is 17.0 Å². The fourth-order valence-corrected chi connectivity index (χ4v) is 6.99. The number of rotatable bonds is 4. The van der Waals surface area contributed by atoms with Gasteiger partial charge < -0.3 is 10.2 Å². The first-order valence-electron chi connectivity index (χ1n) is 11.0. The van der Waals surface area contributed by atoms with Gasteiger partial charge in [0, 0.05) is 37.0 Å².